The molecule has 0 amide bonds. The Labute approximate surface area is 139 Å². The van der Waals surface area contributed by atoms with E-state index in [0.29, 0.717) is 0 Å². The molecule has 1 aromatic rings. The standard InChI is InChI=1S/C12H24N6O6/c1-19-7(20-2)11(21-3,22-4)12(23-5,24-6)18-10-16-8(13)15-9(14)17-10/h7H,1-6H3,(H5,13,14,15,16,17,18). The summed E-state index contributed by atoms with van der Waals surface area (Å²) in [6, 6.07) is 0. The average Bonchev–Trinajstić information content (AvgIpc) is 2.57. The Balaban J connectivity index is 3.43. The van der Waals surface area contributed by atoms with Gasteiger partial charge in [0.1, 0.15) is 0 Å². The zero-order valence-electron chi connectivity index (χ0n) is 14.5. The van der Waals surface area contributed by atoms with E-state index in [0.717, 1.165) is 0 Å². The van der Waals surface area contributed by atoms with E-state index >= 15 is 0 Å². The minimum absolute atomic E-state index is 0.0341. The van der Waals surface area contributed by atoms with Crippen LogP contribution in [0.15, 0.2) is 0 Å². The first-order valence-corrected chi connectivity index (χ1v) is 6.70. The zero-order valence-corrected chi connectivity index (χ0v) is 14.5. The van der Waals surface area contributed by atoms with Crippen molar-refractivity contribution in [2.45, 2.75) is 18.0 Å². The van der Waals surface area contributed by atoms with Gasteiger partial charge in [-0.2, -0.15) is 15.0 Å². The maximum Gasteiger partial charge on any atom is 0.313 e. The van der Waals surface area contributed by atoms with Gasteiger partial charge >= 0.3 is 5.91 Å². The van der Waals surface area contributed by atoms with Crippen LogP contribution in [0.3, 0.4) is 0 Å². The summed E-state index contributed by atoms with van der Waals surface area (Å²) in [5, 5.41) is 2.79. The molecule has 0 radical (unpaired) electrons. The maximum absolute atomic E-state index is 5.57. The van der Waals surface area contributed by atoms with Gasteiger partial charge in [-0.1, -0.05) is 0 Å². The monoisotopic (exact) mass is 348 g/mol. The van der Waals surface area contributed by atoms with Gasteiger partial charge in [-0.15, -0.1) is 0 Å². The Morgan fingerprint density at radius 2 is 1.25 bits per heavy atom. The van der Waals surface area contributed by atoms with Crippen molar-refractivity contribution in [2.75, 3.05) is 59.4 Å². The predicted molar refractivity (Wildman–Crippen MR) is 83.6 cm³/mol. The van der Waals surface area contributed by atoms with E-state index in [1.54, 1.807) is 0 Å². The molecule has 5 N–H and O–H groups in total. The number of nitrogens with two attached hydrogens (primary N) is 2. The Morgan fingerprint density at radius 1 is 0.792 bits per heavy atom. The summed E-state index contributed by atoms with van der Waals surface area (Å²) >= 11 is 0. The lowest BCUT2D eigenvalue weighted by Crippen LogP contribution is -2.70. The molecule has 12 heteroatoms. The lowest BCUT2D eigenvalue weighted by molar-refractivity contribution is -0.432. The molecule has 0 aliphatic rings. The van der Waals surface area contributed by atoms with Crippen molar-refractivity contribution >= 4 is 17.8 Å². The zero-order chi connectivity index (χ0) is 18.4. The smallest absolute Gasteiger partial charge is 0.313 e. The summed E-state index contributed by atoms with van der Waals surface area (Å²) in [6.45, 7) is 0. The SMILES string of the molecule is COC(OC)C(OC)(OC)C(Nc1nc(N)nc(N)n1)(OC)OC. The molecule has 138 valence electrons. The van der Waals surface area contributed by atoms with Crippen LogP contribution in [0.2, 0.25) is 0 Å². The number of nitrogen functional groups attached to an aromatic ring is 2. The molecule has 0 spiro atoms. The molecule has 24 heavy (non-hydrogen) atoms. The lowest BCUT2D eigenvalue weighted by Gasteiger charge is -2.47. The van der Waals surface area contributed by atoms with Crippen LogP contribution in [0.25, 0.3) is 0 Å². The lowest BCUT2D eigenvalue weighted by atomic mass is 10.1. The van der Waals surface area contributed by atoms with Gasteiger partial charge in [0.2, 0.25) is 24.1 Å². The fraction of sp³-hybridized carbons (Fsp3) is 0.750. The molecule has 0 saturated carbocycles. The first-order valence-electron chi connectivity index (χ1n) is 6.70. The Kier molecular flexibility index (Phi) is 7.01. The predicted octanol–water partition coefficient (Wildman–Crippen LogP) is -0.997. The largest absolute Gasteiger partial charge is 0.368 e. The average molecular weight is 348 g/mol. The molecule has 0 unspecified atom stereocenters. The van der Waals surface area contributed by atoms with Gasteiger partial charge in [-0.3, -0.25) is 5.32 Å². The summed E-state index contributed by atoms with van der Waals surface area (Å²) in [5.74, 6) is -3.75. The molecule has 0 aliphatic carbocycles. The molecule has 0 atom stereocenters. The van der Waals surface area contributed by atoms with Gasteiger partial charge in [0.25, 0.3) is 5.79 Å². The third-order valence-electron chi connectivity index (χ3n) is 3.32. The molecule has 0 saturated heterocycles. The fourth-order valence-corrected chi connectivity index (χ4v) is 2.28. The third kappa shape index (κ3) is 3.48. The molecular weight excluding hydrogens is 324 g/mol. The number of hydrogen-bond acceptors (Lipinski definition) is 12. The van der Waals surface area contributed by atoms with E-state index in [1.165, 1.54) is 42.7 Å². The molecular formula is C12H24N6O6. The molecule has 1 heterocycles. The topological polar surface area (TPSA) is 158 Å². The maximum atomic E-state index is 5.57. The molecule has 1 rings (SSSR count). The second-order valence-electron chi connectivity index (χ2n) is 4.40. The highest BCUT2D eigenvalue weighted by atomic mass is 16.8. The van der Waals surface area contributed by atoms with Crippen molar-refractivity contribution in [2.24, 2.45) is 0 Å². The first kappa shape index (κ1) is 20.2. The van der Waals surface area contributed by atoms with Gasteiger partial charge in [-0.05, 0) is 0 Å². The summed E-state index contributed by atoms with van der Waals surface area (Å²) in [4.78, 5) is 11.5. The fourth-order valence-electron chi connectivity index (χ4n) is 2.28. The van der Waals surface area contributed by atoms with Crippen molar-refractivity contribution in [3.63, 3.8) is 0 Å². The van der Waals surface area contributed by atoms with E-state index in [2.05, 4.69) is 20.3 Å². The van der Waals surface area contributed by atoms with Crippen LogP contribution in [-0.4, -0.2) is 75.6 Å². The third-order valence-corrected chi connectivity index (χ3v) is 3.32. The van der Waals surface area contributed by atoms with E-state index in [4.69, 9.17) is 39.9 Å². The van der Waals surface area contributed by atoms with Gasteiger partial charge in [0.05, 0.1) is 0 Å². The van der Waals surface area contributed by atoms with Gasteiger partial charge in [0.15, 0.2) is 0 Å². The second kappa shape index (κ2) is 8.32. The molecule has 1 aromatic heterocycles. The summed E-state index contributed by atoms with van der Waals surface area (Å²) < 4.78 is 32.5. The van der Waals surface area contributed by atoms with Gasteiger partial charge in [-0.25, -0.2) is 0 Å². The normalized spacial score (nSPS) is 12.6. The number of anilines is 3. The van der Waals surface area contributed by atoms with Crippen LogP contribution in [0.4, 0.5) is 17.8 Å². The Morgan fingerprint density at radius 3 is 1.58 bits per heavy atom. The van der Waals surface area contributed by atoms with Crippen LogP contribution in [0, 0.1) is 0 Å². The van der Waals surface area contributed by atoms with Crippen molar-refractivity contribution in [1.29, 1.82) is 0 Å². The van der Waals surface area contributed by atoms with Crippen LogP contribution >= 0.6 is 0 Å². The Bertz CT molecular complexity index is 501. The summed E-state index contributed by atoms with van der Waals surface area (Å²) in [5.41, 5.74) is 11.1. The number of methoxy groups -OCH3 is 6. The van der Waals surface area contributed by atoms with Crippen molar-refractivity contribution in [3.8, 4) is 0 Å². The number of nitrogens with one attached hydrogen (secondary N) is 1. The summed E-state index contributed by atoms with van der Waals surface area (Å²) in [6.07, 6.45) is -1.06. The number of ether oxygens (including phenoxy) is 6. The van der Waals surface area contributed by atoms with Crippen molar-refractivity contribution < 1.29 is 28.4 Å². The van der Waals surface area contributed by atoms with Crippen LogP contribution in [0.5, 0.6) is 0 Å². The quantitative estimate of drug-likeness (QED) is 0.443. The van der Waals surface area contributed by atoms with Crippen molar-refractivity contribution in [3.05, 3.63) is 0 Å². The molecule has 0 fully saturated rings. The highest BCUT2D eigenvalue weighted by Crippen LogP contribution is 2.36. The van der Waals surface area contributed by atoms with Gasteiger partial charge < -0.3 is 39.9 Å². The second-order valence-corrected chi connectivity index (χ2v) is 4.40. The number of nitrogens with zero attached hydrogens (tertiary/aromatic N) is 3. The van der Waals surface area contributed by atoms with Crippen LogP contribution in [-0.2, 0) is 28.4 Å². The highest BCUT2D eigenvalue weighted by molar-refractivity contribution is 5.38. The van der Waals surface area contributed by atoms with E-state index < -0.39 is 18.0 Å². The summed E-state index contributed by atoms with van der Waals surface area (Å²) in [7, 11) is 8.21. The molecule has 0 aliphatic heterocycles. The minimum atomic E-state index is -1.80. The van der Waals surface area contributed by atoms with E-state index in [9.17, 15) is 0 Å². The van der Waals surface area contributed by atoms with Crippen LogP contribution < -0.4 is 16.8 Å². The first-order chi connectivity index (χ1) is 11.4. The van der Waals surface area contributed by atoms with Crippen LogP contribution in [0.1, 0.15) is 0 Å². The number of rotatable bonds is 10. The Hall–Kier alpha value is -1.83. The van der Waals surface area contributed by atoms with E-state index in [1.807, 2.05) is 0 Å². The molecule has 0 aromatic carbocycles. The van der Waals surface area contributed by atoms with Gasteiger partial charge in [0, 0.05) is 42.7 Å². The van der Waals surface area contributed by atoms with E-state index in [-0.39, 0.29) is 17.8 Å². The highest BCUT2D eigenvalue weighted by Gasteiger charge is 2.62. The van der Waals surface area contributed by atoms with Crippen molar-refractivity contribution in [1.82, 2.24) is 15.0 Å². The minimum Gasteiger partial charge on any atom is -0.368 e. The number of hydrogen-bond donors (Lipinski definition) is 3. The molecule has 12 nitrogen and oxygen atoms in total. The number of aromatic nitrogens is 3. The molecule has 0 bridgehead atoms.